The first-order valence-electron chi connectivity index (χ1n) is 8.21. The molecule has 0 amide bonds. The number of ether oxygens (including phenoxy) is 3. The second kappa shape index (κ2) is 10.8. The average Bonchev–Trinajstić information content (AvgIpc) is 2.55. The largest absolute Gasteiger partial charge is 0.493 e. The van der Waals surface area contributed by atoms with Crippen LogP contribution in [-0.2, 0) is 9.53 Å². The summed E-state index contributed by atoms with van der Waals surface area (Å²) in [7, 11) is 0. The average molecular weight is 313 g/mol. The Morgan fingerprint density at radius 3 is 2.43 bits per heavy atom. The Bertz CT molecular complexity index is 455. The van der Waals surface area contributed by atoms with Gasteiger partial charge in [-0.25, -0.2) is 0 Å². The predicted octanol–water partition coefficient (Wildman–Crippen LogP) is 3.45. The monoisotopic (exact) mass is 313 g/mol. The topological polar surface area (TPSA) is 44.8 Å². The molecule has 5 heteroatoms. The fourth-order valence-corrected chi connectivity index (χ4v) is 2.55. The molecule has 4 nitrogen and oxygen atoms in total. The molecule has 123 valence electrons. The van der Waals surface area contributed by atoms with Crippen LogP contribution in [0.5, 0.6) is 11.5 Å². The second-order valence-electron chi connectivity index (χ2n) is 5.98. The van der Waals surface area contributed by atoms with Gasteiger partial charge in [0.25, 0.3) is 0 Å². The van der Waals surface area contributed by atoms with Crippen LogP contribution in [0.25, 0.3) is 0 Å². The molecule has 0 bridgehead atoms. The fourth-order valence-electron chi connectivity index (χ4n) is 2.55. The Kier molecular flexibility index (Phi) is 9.39. The molecule has 0 saturated carbocycles. The number of carbonyl (C=O) groups is 1. The number of hydrogen-bond acceptors (Lipinski definition) is 4. The Labute approximate surface area is 151 Å². The molecule has 23 heavy (non-hydrogen) atoms. The van der Waals surface area contributed by atoms with Gasteiger partial charge in [-0.15, -0.1) is 0 Å². The van der Waals surface area contributed by atoms with Gasteiger partial charge in [0, 0.05) is 32.1 Å². The van der Waals surface area contributed by atoms with Crippen molar-refractivity contribution in [3.63, 3.8) is 0 Å². The summed E-state index contributed by atoms with van der Waals surface area (Å²) < 4.78 is 16.4. The summed E-state index contributed by atoms with van der Waals surface area (Å²) in [5.74, 6) is 1.74. The van der Waals surface area contributed by atoms with Crippen molar-refractivity contribution in [2.24, 2.45) is 11.8 Å². The van der Waals surface area contributed by atoms with Crippen LogP contribution in [0.1, 0.15) is 39.5 Å². The van der Waals surface area contributed by atoms with E-state index in [1.807, 2.05) is 12.1 Å². The van der Waals surface area contributed by atoms with Crippen LogP contribution in [0.2, 0.25) is 0 Å². The van der Waals surface area contributed by atoms with Crippen LogP contribution in [0.3, 0.4) is 0 Å². The molecule has 1 unspecified atom stereocenters. The predicted molar refractivity (Wildman–Crippen MR) is 90.9 cm³/mol. The van der Waals surface area contributed by atoms with E-state index in [4.69, 9.17) is 14.2 Å². The van der Waals surface area contributed by atoms with Gasteiger partial charge in [-0.2, -0.15) is 0 Å². The Morgan fingerprint density at radius 2 is 1.83 bits per heavy atom. The van der Waals surface area contributed by atoms with Gasteiger partial charge in [-0.05, 0) is 49.4 Å². The summed E-state index contributed by atoms with van der Waals surface area (Å²) in [4.78, 5) is 12.0. The van der Waals surface area contributed by atoms with Crippen LogP contribution >= 0.6 is 0 Å². The smallest absolute Gasteiger partial charge is 0.314 e. The van der Waals surface area contributed by atoms with Gasteiger partial charge in [0.2, 0.25) is 0 Å². The molecule has 1 fully saturated rings. The minimum atomic E-state index is -0.159. The van der Waals surface area contributed by atoms with Gasteiger partial charge < -0.3 is 14.2 Å². The summed E-state index contributed by atoms with van der Waals surface area (Å²) >= 11 is 0. The fraction of sp³-hybridized carbons (Fsp3) is 0.611. The molecular weight excluding hydrogens is 287 g/mol. The van der Waals surface area contributed by atoms with Gasteiger partial charge in [0.1, 0.15) is 11.5 Å². The van der Waals surface area contributed by atoms with Gasteiger partial charge in [-0.3, -0.25) is 4.79 Å². The first-order valence-corrected chi connectivity index (χ1v) is 8.21. The summed E-state index contributed by atoms with van der Waals surface area (Å²) in [6.07, 6.45) is 3.83. The van der Waals surface area contributed by atoms with E-state index in [1.165, 1.54) is 12.8 Å². The quantitative estimate of drug-likeness (QED) is 0.439. The molecule has 0 N–H and O–H groups in total. The number of hydrogen-bond donors (Lipinski definition) is 0. The van der Waals surface area contributed by atoms with Crippen LogP contribution in [0.15, 0.2) is 24.3 Å². The van der Waals surface area contributed by atoms with Crippen LogP contribution in [0, 0.1) is 11.8 Å². The number of esters is 1. The Hall–Kier alpha value is -0.953. The van der Waals surface area contributed by atoms with E-state index in [0.29, 0.717) is 24.9 Å². The maximum Gasteiger partial charge on any atom is 0.314 e. The Morgan fingerprint density at radius 1 is 1.22 bits per heavy atom. The number of rotatable bonds is 7. The second-order valence-corrected chi connectivity index (χ2v) is 5.98. The van der Waals surface area contributed by atoms with Crippen molar-refractivity contribution in [1.82, 2.24) is 0 Å². The number of benzene rings is 1. The molecule has 1 aliphatic rings. The van der Waals surface area contributed by atoms with Crippen molar-refractivity contribution < 1.29 is 19.0 Å². The van der Waals surface area contributed by atoms with E-state index >= 15 is 0 Å². The zero-order valence-corrected chi connectivity index (χ0v) is 14.5. The van der Waals surface area contributed by atoms with Gasteiger partial charge in [0.15, 0.2) is 0 Å². The van der Waals surface area contributed by atoms with Crippen LogP contribution < -0.4 is 9.47 Å². The maximum atomic E-state index is 12.0. The molecule has 1 aliphatic heterocycles. The third-order valence-corrected chi connectivity index (χ3v) is 3.91. The van der Waals surface area contributed by atoms with Crippen LogP contribution in [-0.4, -0.2) is 44.7 Å². The van der Waals surface area contributed by atoms with Crippen molar-refractivity contribution >= 4 is 24.8 Å². The van der Waals surface area contributed by atoms with Crippen molar-refractivity contribution in [2.45, 2.75) is 39.5 Å². The zero-order valence-electron chi connectivity index (χ0n) is 14.5. The van der Waals surface area contributed by atoms with E-state index in [2.05, 4.69) is 13.8 Å². The van der Waals surface area contributed by atoms with E-state index in [-0.39, 0.29) is 30.7 Å². The molecule has 1 aromatic rings. The van der Waals surface area contributed by atoms with Crippen molar-refractivity contribution in [1.29, 1.82) is 0 Å². The van der Waals surface area contributed by atoms with Crippen molar-refractivity contribution in [3.8, 4) is 11.5 Å². The number of carbonyl (C=O) groups excluding carboxylic acids is 1. The first-order chi connectivity index (χ1) is 10.7. The van der Waals surface area contributed by atoms with Gasteiger partial charge >= 0.3 is 5.97 Å². The summed E-state index contributed by atoms with van der Waals surface area (Å²) in [5, 5.41) is 0. The van der Waals surface area contributed by atoms with E-state index in [1.54, 1.807) is 12.1 Å². The van der Waals surface area contributed by atoms with Crippen molar-refractivity contribution in [2.75, 3.05) is 19.8 Å². The maximum absolute atomic E-state index is 12.0. The van der Waals surface area contributed by atoms with Gasteiger partial charge in [0.05, 0.1) is 12.5 Å². The minimum Gasteiger partial charge on any atom is -0.493 e. The molecule has 1 saturated heterocycles. The molecule has 2 rings (SSSR count). The van der Waals surface area contributed by atoms with E-state index in [0.717, 1.165) is 25.2 Å². The zero-order chi connectivity index (χ0) is 15.8. The SMILES string of the molecule is CCCC(C)COc1ccc(OC(=O)C2CCOCC2)cc1.[Li]. The third kappa shape index (κ3) is 6.99. The summed E-state index contributed by atoms with van der Waals surface area (Å²) in [6.45, 7) is 6.37. The van der Waals surface area contributed by atoms with E-state index < -0.39 is 0 Å². The normalized spacial score (nSPS) is 16.3. The molecule has 0 aromatic heterocycles. The van der Waals surface area contributed by atoms with Crippen LogP contribution in [0.4, 0.5) is 0 Å². The third-order valence-electron chi connectivity index (χ3n) is 3.91. The molecular formula is C18H26LiO4. The first kappa shape index (κ1) is 20.1. The van der Waals surface area contributed by atoms with E-state index in [9.17, 15) is 4.79 Å². The summed E-state index contributed by atoms with van der Waals surface area (Å²) in [6, 6.07) is 7.28. The minimum absolute atomic E-state index is 0. The molecule has 1 aromatic carbocycles. The standard InChI is InChI=1S/C18H26O4.Li/c1-3-4-14(2)13-21-16-5-7-17(8-6-16)22-18(19)15-9-11-20-12-10-15;/h5-8,14-15H,3-4,9-13H2,1-2H3;. The molecule has 1 atom stereocenters. The van der Waals surface area contributed by atoms with Gasteiger partial charge in [-0.1, -0.05) is 20.3 Å². The molecule has 1 radical (unpaired) electrons. The molecule has 0 spiro atoms. The Balaban J connectivity index is 0.00000264. The molecule has 0 aliphatic carbocycles. The van der Waals surface area contributed by atoms with Crippen molar-refractivity contribution in [3.05, 3.63) is 24.3 Å². The molecule has 1 heterocycles. The summed E-state index contributed by atoms with van der Waals surface area (Å²) in [5.41, 5.74) is 0.